The van der Waals surface area contributed by atoms with Crippen LogP contribution in [0.15, 0.2) is 34.9 Å². The number of aromatic nitrogens is 3. The van der Waals surface area contributed by atoms with Crippen LogP contribution in [-0.2, 0) is 4.74 Å². The number of rotatable bonds is 2. The van der Waals surface area contributed by atoms with E-state index in [-0.39, 0.29) is 0 Å². The SMILES string of the molecule is Cc1ccc(-n2c(C3CCCOC3)nc3cccnc32)o1. The lowest BCUT2D eigenvalue weighted by Gasteiger charge is -2.21. The molecule has 5 nitrogen and oxygen atoms in total. The van der Waals surface area contributed by atoms with Gasteiger partial charge in [-0.3, -0.25) is 0 Å². The summed E-state index contributed by atoms with van der Waals surface area (Å²) in [5.41, 5.74) is 1.74. The number of ether oxygens (including phenoxy) is 1. The van der Waals surface area contributed by atoms with Crippen molar-refractivity contribution in [1.29, 1.82) is 0 Å². The molecule has 1 saturated heterocycles. The third kappa shape index (κ3) is 2.14. The highest BCUT2D eigenvalue weighted by molar-refractivity contribution is 5.73. The van der Waals surface area contributed by atoms with Crippen molar-refractivity contribution >= 4 is 11.2 Å². The Morgan fingerprint density at radius 3 is 3.00 bits per heavy atom. The number of hydrogen-bond donors (Lipinski definition) is 0. The number of nitrogens with zero attached hydrogens (tertiary/aromatic N) is 3. The van der Waals surface area contributed by atoms with Gasteiger partial charge < -0.3 is 9.15 Å². The van der Waals surface area contributed by atoms with Crippen LogP contribution in [-0.4, -0.2) is 27.7 Å². The molecule has 0 aliphatic carbocycles. The molecule has 4 heterocycles. The number of furan rings is 1. The molecule has 3 aromatic heterocycles. The average Bonchev–Trinajstić information content (AvgIpc) is 3.11. The third-order valence-corrected chi connectivity index (χ3v) is 3.91. The van der Waals surface area contributed by atoms with Crippen molar-refractivity contribution in [2.24, 2.45) is 0 Å². The standard InChI is InChI=1S/C16H17N3O2/c1-11-6-7-14(21-11)19-15(12-4-3-9-20-10-12)18-13-5-2-8-17-16(13)19/h2,5-8,12H,3-4,9-10H2,1H3. The summed E-state index contributed by atoms with van der Waals surface area (Å²) >= 11 is 0. The van der Waals surface area contributed by atoms with E-state index in [0.29, 0.717) is 12.5 Å². The fraction of sp³-hybridized carbons (Fsp3) is 0.375. The Morgan fingerprint density at radius 2 is 2.24 bits per heavy atom. The Balaban J connectivity index is 1.92. The van der Waals surface area contributed by atoms with Crippen molar-refractivity contribution in [2.45, 2.75) is 25.7 Å². The summed E-state index contributed by atoms with van der Waals surface area (Å²) in [6.07, 6.45) is 3.94. The van der Waals surface area contributed by atoms with Gasteiger partial charge in [0, 0.05) is 24.8 Å². The molecular formula is C16H17N3O2. The van der Waals surface area contributed by atoms with Gasteiger partial charge in [-0.1, -0.05) is 0 Å². The van der Waals surface area contributed by atoms with Crippen molar-refractivity contribution in [3.63, 3.8) is 0 Å². The molecule has 3 aromatic rings. The van der Waals surface area contributed by atoms with Gasteiger partial charge in [-0.05, 0) is 38.0 Å². The minimum Gasteiger partial charge on any atom is -0.445 e. The largest absolute Gasteiger partial charge is 0.445 e. The van der Waals surface area contributed by atoms with Gasteiger partial charge in [0.25, 0.3) is 0 Å². The Kier molecular flexibility index (Phi) is 3.00. The maximum atomic E-state index is 5.81. The minimum absolute atomic E-state index is 0.290. The van der Waals surface area contributed by atoms with Gasteiger partial charge in [0.05, 0.1) is 6.61 Å². The van der Waals surface area contributed by atoms with E-state index in [9.17, 15) is 0 Å². The molecule has 4 rings (SSSR count). The first-order valence-electron chi connectivity index (χ1n) is 7.31. The number of hydrogen-bond acceptors (Lipinski definition) is 4. The van der Waals surface area contributed by atoms with Gasteiger partial charge in [-0.15, -0.1) is 0 Å². The molecule has 108 valence electrons. The molecule has 1 unspecified atom stereocenters. The third-order valence-electron chi connectivity index (χ3n) is 3.91. The van der Waals surface area contributed by atoms with Crippen LogP contribution < -0.4 is 0 Å². The topological polar surface area (TPSA) is 53.1 Å². The van der Waals surface area contributed by atoms with Crippen LogP contribution >= 0.6 is 0 Å². The fourth-order valence-corrected chi connectivity index (χ4v) is 2.91. The minimum atomic E-state index is 0.290. The van der Waals surface area contributed by atoms with E-state index >= 15 is 0 Å². The van der Waals surface area contributed by atoms with Gasteiger partial charge in [0.1, 0.15) is 17.1 Å². The van der Waals surface area contributed by atoms with Crippen LogP contribution in [0.3, 0.4) is 0 Å². The van der Waals surface area contributed by atoms with E-state index in [1.54, 1.807) is 6.20 Å². The highest BCUT2D eigenvalue weighted by atomic mass is 16.5. The lowest BCUT2D eigenvalue weighted by atomic mass is 10.0. The molecule has 1 atom stereocenters. The van der Waals surface area contributed by atoms with E-state index in [4.69, 9.17) is 14.1 Å². The molecular weight excluding hydrogens is 266 g/mol. The van der Waals surface area contributed by atoms with Crippen LogP contribution in [0.2, 0.25) is 0 Å². The smallest absolute Gasteiger partial charge is 0.206 e. The summed E-state index contributed by atoms with van der Waals surface area (Å²) in [5.74, 6) is 2.93. The van der Waals surface area contributed by atoms with Crippen LogP contribution in [0.1, 0.15) is 30.3 Å². The summed E-state index contributed by atoms with van der Waals surface area (Å²) in [6, 6.07) is 7.83. The molecule has 1 aliphatic heterocycles. The highest BCUT2D eigenvalue weighted by Gasteiger charge is 2.25. The van der Waals surface area contributed by atoms with Crippen LogP contribution in [0, 0.1) is 6.92 Å². The van der Waals surface area contributed by atoms with E-state index < -0.39 is 0 Å². The monoisotopic (exact) mass is 283 g/mol. The number of fused-ring (bicyclic) bond motifs is 1. The van der Waals surface area contributed by atoms with E-state index in [1.165, 1.54) is 0 Å². The fourth-order valence-electron chi connectivity index (χ4n) is 2.91. The molecule has 5 heteroatoms. The molecule has 0 amide bonds. The Hall–Kier alpha value is -2.14. The summed E-state index contributed by atoms with van der Waals surface area (Å²) in [7, 11) is 0. The van der Waals surface area contributed by atoms with Crippen molar-refractivity contribution < 1.29 is 9.15 Å². The van der Waals surface area contributed by atoms with E-state index in [0.717, 1.165) is 48.1 Å². The van der Waals surface area contributed by atoms with Crippen LogP contribution in [0.25, 0.3) is 17.0 Å². The Morgan fingerprint density at radius 1 is 1.29 bits per heavy atom. The first-order valence-corrected chi connectivity index (χ1v) is 7.31. The Labute approximate surface area is 122 Å². The highest BCUT2D eigenvalue weighted by Crippen LogP contribution is 2.30. The normalized spacial score (nSPS) is 19.2. The second-order valence-electron chi connectivity index (χ2n) is 5.45. The molecule has 1 fully saturated rings. The first-order chi connectivity index (χ1) is 10.3. The summed E-state index contributed by atoms with van der Waals surface area (Å²) in [6.45, 7) is 3.50. The zero-order valence-corrected chi connectivity index (χ0v) is 12.0. The molecule has 0 spiro atoms. The van der Waals surface area contributed by atoms with E-state index in [2.05, 4.69) is 4.98 Å². The molecule has 0 bridgehead atoms. The maximum Gasteiger partial charge on any atom is 0.206 e. The molecule has 0 radical (unpaired) electrons. The second-order valence-corrected chi connectivity index (χ2v) is 5.45. The quantitative estimate of drug-likeness (QED) is 0.724. The number of aryl methyl sites for hydroxylation is 1. The van der Waals surface area contributed by atoms with Crippen LogP contribution in [0.5, 0.6) is 0 Å². The number of pyridine rings is 1. The van der Waals surface area contributed by atoms with Gasteiger partial charge in [0.15, 0.2) is 5.65 Å². The Bertz CT molecular complexity index is 769. The molecule has 1 aliphatic rings. The van der Waals surface area contributed by atoms with Gasteiger partial charge >= 0.3 is 0 Å². The average molecular weight is 283 g/mol. The first kappa shape index (κ1) is 12.6. The maximum absolute atomic E-state index is 5.81. The summed E-state index contributed by atoms with van der Waals surface area (Å²) < 4.78 is 13.5. The van der Waals surface area contributed by atoms with E-state index in [1.807, 2.05) is 35.8 Å². The molecule has 0 N–H and O–H groups in total. The number of imidazole rings is 1. The zero-order valence-electron chi connectivity index (χ0n) is 12.0. The predicted octanol–water partition coefficient (Wildman–Crippen LogP) is 3.22. The lowest BCUT2D eigenvalue weighted by molar-refractivity contribution is 0.0776. The molecule has 0 aromatic carbocycles. The van der Waals surface area contributed by atoms with Crippen molar-refractivity contribution in [3.05, 3.63) is 42.0 Å². The van der Waals surface area contributed by atoms with Crippen molar-refractivity contribution in [2.75, 3.05) is 13.2 Å². The molecule has 0 saturated carbocycles. The van der Waals surface area contributed by atoms with Gasteiger partial charge in [-0.25, -0.2) is 14.5 Å². The lowest BCUT2D eigenvalue weighted by Crippen LogP contribution is -2.19. The zero-order chi connectivity index (χ0) is 14.2. The summed E-state index contributed by atoms with van der Waals surface area (Å²) in [4.78, 5) is 9.26. The summed E-state index contributed by atoms with van der Waals surface area (Å²) in [5, 5.41) is 0. The van der Waals surface area contributed by atoms with Gasteiger partial charge in [0.2, 0.25) is 5.88 Å². The van der Waals surface area contributed by atoms with Gasteiger partial charge in [-0.2, -0.15) is 0 Å². The molecule has 21 heavy (non-hydrogen) atoms. The van der Waals surface area contributed by atoms with Crippen LogP contribution in [0.4, 0.5) is 0 Å². The van der Waals surface area contributed by atoms with Crippen molar-refractivity contribution in [3.8, 4) is 5.88 Å². The van der Waals surface area contributed by atoms with Crippen molar-refractivity contribution in [1.82, 2.24) is 14.5 Å². The second kappa shape index (κ2) is 5.00. The predicted molar refractivity (Wildman–Crippen MR) is 78.7 cm³/mol.